The Balaban J connectivity index is 1.92. The Bertz CT molecular complexity index is 945. The molecule has 5 nitrogen and oxygen atoms in total. The third-order valence-corrected chi connectivity index (χ3v) is 4.60. The van der Waals surface area contributed by atoms with Crippen LogP contribution in [0.1, 0.15) is 30.5 Å². The quantitative estimate of drug-likeness (QED) is 0.733. The molecule has 0 N–H and O–H groups in total. The molecule has 27 heavy (non-hydrogen) atoms. The molecule has 0 bridgehead atoms. The van der Waals surface area contributed by atoms with Crippen molar-refractivity contribution in [1.82, 2.24) is 0 Å². The molecule has 2 aromatic rings. The number of carbonyl (C=O) groups excluding carboxylic acids is 1. The highest BCUT2D eigenvalue weighted by molar-refractivity contribution is 6.32. The maximum Gasteiger partial charge on any atom is 0.280 e. The molecular weight excluding hydrogens is 340 g/mol. The van der Waals surface area contributed by atoms with E-state index in [-0.39, 0.29) is 5.91 Å². The number of nitrogens with zero attached hydrogens (tertiary/aromatic N) is 2. The molecule has 1 amide bonds. The Morgan fingerprint density at radius 1 is 1.04 bits per heavy atom. The zero-order valence-corrected chi connectivity index (χ0v) is 16.4. The molecule has 1 aliphatic rings. The van der Waals surface area contributed by atoms with Crippen LogP contribution >= 0.6 is 0 Å². The van der Waals surface area contributed by atoms with Gasteiger partial charge in [0.1, 0.15) is 0 Å². The van der Waals surface area contributed by atoms with Crippen LogP contribution in [0.3, 0.4) is 0 Å². The number of anilines is 1. The topological polar surface area (TPSA) is 51.1 Å². The summed E-state index contributed by atoms with van der Waals surface area (Å²) in [6.45, 7) is 8.40. The van der Waals surface area contributed by atoms with Gasteiger partial charge in [-0.15, -0.1) is 0 Å². The van der Waals surface area contributed by atoms with Crippen LogP contribution in [0.4, 0.5) is 5.69 Å². The highest BCUT2D eigenvalue weighted by Gasteiger charge is 2.28. The van der Waals surface area contributed by atoms with Gasteiger partial charge in [-0.05, 0) is 74.7 Å². The van der Waals surface area contributed by atoms with Gasteiger partial charge < -0.3 is 9.47 Å². The largest absolute Gasteiger partial charge is 0.493 e. The minimum atomic E-state index is -0.136. The second-order valence-corrected chi connectivity index (χ2v) is 6.47. The summed E-state index contributed by atoms with van der Waals surface area (Å²) < 4.78 is 10.9. The molecule has 0 spiro atoms. The molecule has 0 unspecified atom stereocenters. The summed E-state index contributed by atoms with van der Waals surface area (Å²) in [5.41, 5.74) is 5.20. The summed E-state index contributed by atoms with van der Waals surface area (Å²) in [6, 6.07) is 11.5. The Kier molecular flexibility index (Phi) is 5.31. The Morgan fingerprint density at radius 2 is 1.81 bits per heavy atom. The van der Waals surface area contributed by atoms with Gasteiger partial charge in [-0.1, -0.05) is 12.1 Å². The molecule has 0 fully saturated rings. The number of amides is 1. The molecule has 140 valence electrons. The molecular formula is C22H24N2O3. The van der Waals surface area contributed by atoms with Crippen LogP contribution in [0.15, 0.2) is 47.1 Å². The summed E-state index contributed by atoms with van der Waals surface area (Å²) >= 11 is 0. The van der Waals surface area contributed by atoms with Gasteiger partial charge in [-0.3, -0.25) is 4.79 Å². The molecule has 0 aromatic heterocycles. The molecule has 0 radical (unpaired) electrons. The Morgan fingerprint density at radius 3 is 2.48 bits per heavy atom. The maximum atomic E-state index is 12.9. The number of rotatable bonds is 5. The van der Waals surface area contributed by atoms with Crippen LogP contribution in [-0.2, 0) is 4.79 Å². The first-order valence-electron chi connectivity index (χ1n) is 8.94. The fraction of sp³-hybridized carbons (Fsp3) is 0.273. The molecule has 0 saturated heterocycles. The fourth-order valence-electron chi connectivity index (χ4n) is 2.93. The monoisotopic (exact) mass is 364 g/mol. The van der Waals surface area contributed by atoms with E-state index in [0.717, 1.165) is 16.8 Å². The second kappa shape index (κ2) is 7.66. The highest BCUT2D eigenvalue weighted by Crippen LogP contribution is 2.31. The second-order valence-electron chi connectivity index (χ2n) is 6.47. The normalized spacial score (nSPS) is 15.3. The average molecular weight is 364 g/mol. The van der Waals surface area contributed by atoms with Crippen molar-refractivity contribution < 1.29 is 14.3 Å². The van der Waals surface area contributed by atoms with E-state index in [2.05, 4.69) is 5.10 Å². The van der Waals surface area contributed by atoms with Gasteiger partial charge in [-0.25, -0.2) is 0 Å². The van der Waals surface area contributed by atoms with Gasteiger partial charge in [0.15, 0.2) is 11.5 Å². The summed E-state index contributed by atoms with van der Waals surface area (Å²) in [5.74, 6) is 1.18. The SMILES string of the molecule is CCOc1ccc(C=C2C(=O)N(c3ccc(C)c(C)c3)N=C2C)cc1OC. The van der Waals surface area contributed by atoms with E-state index in [1.54, 1.807) is 7.11 Å². The van der Waals surface area contributed by atoms with Crippen molar-refractivity contribution in [1.29, 1.82) is 0 Å². The third-order valence-electron chi connectivity index (χ3n) is 4.60. The molecule has 0 saturated carbocycles. The van der Waals surface area contributed by atoms with Crippen LogP contribution in [0, 0.1) is 13.8 Å². The smallest absolute Gasteiger partial charge is 0.280 e. The summed E-state index contributed by atoms with van der Waals surface area (Å²) in [7, 11) is 1.60. The van der Waals surface area contributed by atoms with Gasteiger partial charge in [0.25, 0.3) is 5.91 Å². The van der Waals surface area contributed by atoms with Crippen LogP contribution in [0.25, 0.3) is 6.08 Å². The molecule has 5 heteroatoms. The van der Waals surface area contributed by atoms with E-state index < -0.39 is 0 Å². The maximum absolute atomic E-state index is 12.9. The molecule has 0 aliphatic carbocycles. The predicted octanol–water partition coefficient (Wildman–Crippen LogP) is 4.52. The zero-order chi connectivity index (χ0) is 19.6. The minimum Gasteiger partial charge on any atom is -0.493 e. The lowest BCUT2D eigenvalue weighted by Gasteiger charge is -2.13. The number of benzene rings is 2. The van der Waals surface area contributed by atoms with Crippen molar-refractivity contribution in [2.75, 3.05) is 18.7 Å². The van der Waals surface area contributed by atoms with Crippen molar-refractivity contribution in [3.8, 4) is 11.5 Å². The lowest BCUT2D eigenvalue weighted by atomic mass is 10.1. The van der Waals surface area contributed by atoms with E-state index in [1.807, 2.05) is 70.2 Å². The van der Waals surface area contributed by atoms with Crippen molar-refractivity contribution >= 4 is 23.4 Å². The van der Waals surface area contributed by atoms with Crippen LogP contribution in [0.2, 0.25) is 0 Å². The van der Waals surface area contributed by atoms with Gasteiger partial charge >= 0.3 is 0 Å². The summed E-state index contributed by atoms with van der Waals surface area (Å²) in [5, 5.41) is 5.91. The van der Waals surface area contributed by atoms with E-state index in [1.165, 1.54) is 10.6 Å². The minimum absolute atomic E-state index is 0.136. The number of aryl methyl sites for hydroxylation is 2. The lowest BCUT2D eigenvalue weighted by molar-refractivity contribution is -0.114. The van der Waals surface area contributed by atoms with Gasteiger partial charge in [0.05, 0.1) is 30.7 Å². The summed E-state index contributed by atoms with van der Waals surface area (Å²) in [4.78, 5) is 12.9. The van der Waals surface area contributed by atoms with E-state index in [0.29, 0.717) is 29.4 Å². The van der Waals surface area contributed by atoms with Crippen molar-refractivity contribution in [2.45, 2.75) is 27.7 Å². The van der Waals surface area contributed by atoms with Crippen molar-refractivity contribution in [3.63, 3.8) is 0 Å². The van der Waals surface area contributed by atoms with Crippen LogP contribution in [0.5, 0.6) is 11.5 Å². The molecule has 3 rings (SSSR count). The molecule has 2 aromatic carbocycles. The van der Waals surface area contributed by atoms with E-state index >= 15 is 0 Å². The van der Waals surface area contributed by atoms with Gasteiger partial charge in [-0.2, -0.15) is 10.1 Å². The number of ether oxygens (including phenoxy) is 2. The number of hydrogen-bond acceptors (Lipinski definition) is 4. The lowest BCUT2D eigenvalue weighted by Crippen LogP contribution is -2.21. The molecule has 1 aliphatic heterocycles. The molecule has 1 heterocycles. The number of hydrogen-bond donors (Lipinski definition) is 0. The zero-order valence-electron chi connectivity index (χ0n) is 16.4. The van der Waals surface area contributed by atoms with Gasteiger partial charge in [0.2, 0.25) is 0 Å². The van der Waals surface area contributed by atoms with Gasteiger partial charge in [0, 0.05) is 0 Å². The number of carbonyl (C=O) groups is 1. The predicted molar refractivity (Wildman–Crippen MR) is 109 cm³/mol. The fourth-order valence-corrected chi connectivity index (χ4v) is 2.93. The number of methoxy groups -OCH3 is 1. The Labute approximate surface area is 159 Å². The van der Waals surface area contributed by atoms with Crippen LogP contribution < -0.4 is 14.5 Å². The Hall–Kier alpha value is -3.08. The first-order valence-corrected chi connectivity index (χ1v) is 8.94. The summed E-state index contributed by atoms with van der Waals surface area (Å²) in [6.07, 6.45) is 1.83. The first-order chi connectivity index (χ1) is 12.9. The third kappa shape index (κ3) is 3.72. The number of hydrazone groups is 1. The van der Waals surface area contributed by atoms with Crippen molar-refractivity contribution in [2.24, 2.45) is 5.10 Å². The van der Waals surface area contributed by atoms with Crippen LogP contribution in [-0.4, -0.2) is 25.3 Å². The highest BCUT2D eigenvalue weighted by atomic mass is 16.5. The van der Waals surface area contributed by atoms with E-state index in [9.17, 15) is 4.79 Å². The van der Waals surface area contributed by atoms with Crippen molar-refractivity contribution in [3.05, 3.63) is 58.7 Å². The standard InChI is InChI=1S/C22H24N2O3/c1-6-27-20-10-8-17(13-21(20)26-5)12-19-16(4)23-24(22(19)25)18-9-7-14(2)15(3)11-18/h7-13H,6H2,1-5H3. The molecule has 0 atom stereocenters. The first kappa shape index (κ1) is 18.7. The van der Waals surface area contributed by atoms with E-state index in [4.69, 9.17) is 9.47 Å². The average Bonchev–Trinajstić information content (AvgIpc) is 2.93.